The van der Waals surface area contributed by atoms with Gasteiger partial charge in [-0.3, -0.25) is 19.8 Å². The smallest absolute Gasteiger partial charge is 0.306 e. The number of pyridine rings is 1. The van der Waals surface area contributed by atoms with Crippen LogP contribution >= 0.6 is 45.9 Å². The molecule has 5 heterocycles. The molecule has 3 aromatic rings. The highest BCUT2D eigenvalue weighted by atomic mass is 35.5. The van der Waals surface area contributed by atoms with E-state index in [2.05, 4.69) is 15.2 Å². The Morgan fingerprint density at radius 1 is 1.08 bits per heavy atom. The molecule has 2 N–H and O–H groups in total. The van der Waals surface area contributed by atoms with Crippen molar-refractivity contribution in [3.05, 3.63) is 44.2 Å². The van der Waals surface area contributed by atoms with E-state index in [9.17, 15) is 14.7 Å². The fourth-order valence-electron chi connectivity index (χ4n) is 4.93. The maximum atomic E-state index is 13.1. The summed E-state index contributed by atoms with van der Waals surface area (Å²) in [5.41, 5.74) is 1.20. The van der Waals surface area contributed by atoms with Gasteiger partial charge in [0.05, 0.1) is 32.1 Å². The maximum Gasteiger partial charge on any atom is 0.306 e. The topological polar surface area (TPSA) is 98.7 Å². The average molecular weight is 595 g/mol. The number of rotatable bonds is 7. The third-order valence-corrected chi connectivity index (χ3v) is 9.53. The molecular formula is C26H29Cl2N5O3S2. The summed E-state index contributed by atoms with van der Waals surface area (Å²) in [6.45, 7) is 4.04. The Bertz CT molecular complexity index is 1300. The molecule has 8 nitrogen and oxygen atoms in total. The minimum Gasteiger partial charge on any atom is -0.481 e. The Morgan fingerprint density at radius 3 is 2.45 bits per heavy atom. The number of amides is 1. The maximum absolute atomic E-state index is 13.1. The molecule has 2 fully saturated rings. The van der Waals surface area contributed by atoms with Gasteiger partial charge in [-0.05, 0) is 50.9 Å². The van der Waals surface area contributed by atoms with Crippen molar-refractivity contribution in [3.63, 3.8) is 0 Å². The largest absolute Gasteiger partial charge is 0.481 e. The van der Waals surface area contributed by atoms with Crippen molar-refractivity contribution in [2.75, 3.05) is 36.4 Å². The fourth-order valence-corrected chi connectivity index (χ4v) is 7.39. The Hall–Kier alpha value is -2.24. The van der Waals surface area contributed by atoms with Gasteiger partial charge in [-0.2, -0.15) is 0 Å². The summed E-state index contributed by atoms with van der Waals surface area (Å²) in [5, 5.41) is 15.6. The number of anilines is 2. The molecule has 202 valence electrons. The van der Waals surface area contributed by atoms with Gasteiger partial charge in [-0.1, -0.05) is 47.4 Å². The van der Waals surface area contributed by atoms with Crippen LogP contribution < -0.4 is 10.2 Å². The first-order valence-electron chi connectivity index (χ1n) is 12.8. The zero-order valence-corrected chi connectivity index (χ0v) is 23.9. The number of aromatic nitrogens is 2. The van der Waals surface area contributed by atoms with E-state index in [0.29, 0.717) is 52.5 Å². The lowest BCUT2D eigenvalue weighted by Gasteiger charge is -2.31. The number of hydrogen-bond donors (Lipinski definition) is 2. The van der Waals surface area contributed by atoms with E-state index in [1.807, 2.05) is 16.3 Å². The summed E-state index contributed by atoms with van der Waals surface area (Å²) in [6, 6.07) is 3.52. The van der Waals surface area contributed by atoms with E-state index in [1.54, 1.807) is 17.4 Å². The van der Waals surface area contributed by atoms with E-state index >= 15 is 0 Å². The molecule has 0 radical (unpaired) electrons. The molecule has 5 rings (SSSR count). The van der Waals surface area contributed by atoms with Gasteiger partial charge >= 0.3 is 5.97 Å². The van der Waals surface area contributed by atoms with Crippen molar-refractivity contribution in [1.29, 1.82) is 0 Å². The molecule has 2 saturated heterocycles. The number of likely N-dealkylation sites (tertiary alicyclic amines) is 1. The van der Waals surface area contributed by atoms with Crippen LogP contribution in [-0.4, -0.2) is 58.0 Å². The summed E-state index contributed by atoms with van der Waals surface area (Å²) in [5.74, 6) is -0.871. The standard InChI is InChI=1S/C26H29Cl2N5O3S2/c27-18-12-20(37-15-18)22-21(14-32-7-3-1-2-4-8-32)38-26(30-22)31-24(34)17-11-19(28)23(29-13-17)33-9-5-16(6-10-33)25(35)36/h11-13,15-16H,1-10,14H2,(H,35,36)(H,30,31,34). The Labute approximate surface area is 239 Å². The quantitative estimate of drug-likeness (QED) is 0.322. The molecule has 0 atom stereocenters. The summed E-state index contributed by atoms with van der Waals surface area (Å²) in [6.07, 6.45) is 7.52. The van der Waals surface area contributed by atoms with Gasteiger partial charge in [0, 0.05) is 36.1 Å². The number of aliphatic carboxylic acids is 1. The van der Waals surface area contributed by atoms with E-state index in [1.165, 1.54) is 43.2 Å². The van der Waals surface area contributed by atoms with Crippen molar-refractivity contribution in [2.24, 2.45) is 5.92 Å². The molecule has 38 heavy (non-hydrogen) atoms. The number of hydrogen-bond acceptors (Lipinski definition) is 8. The van der Waals surface area contributed by atoms with Gasteiger partial charge in [0.1, 0.15) is 5.82 Å². The first kappa shape index (κ1) is 27.3. The lowest BCUT2D eigenvalue weighted by molar-refractivity contribution is -0.142. The zero-order valence-electron chi connectivity index (χ0n) is 20.8. The SMILES string of the molecule is O=C(Nc1nc(-c2cc(Cl)cs2)c(CN2CCCCCC2)s1)c1cnc(N2CCC(C(=O)O)CC2)c(Cl)c1. The fraction of sp³-hybridized carbons (Fsp3) is 0.462. The third-order valence-electron chi connectivity index (χ3n) is 7.01. The molecule has 12 heteroatoms. The van der Waals surface area contributed by atoms with Gasteiger partial charge in [-0.15, -0.1) is 11.3 Å². The number of nitrogens with zero attached hydrogens (tertiary/aromatic N) is 4. The number of carbonyl (C=O) groups excluding carboxylic acids is 1. The highest BCUT2D eigenvalue weighted by Crippen LogP contribution is 2.37. The normalized spacial score (nSPS) is 17.4. The number of piperidine rings is 1. The summed E-state index contributed by atoms with van der Waals surface area (Å²) in [7, 11) is 0. The molecule has 0 saturated carbocycles. The van der Waals surface area contributed by atoms with E-state index < -0.39 is 5.97 Å². The molecule has 3 aromatic heterocycles. The highest BCUT2D eigenvalue weighted by molar-refractivity contribution is 7.17. The molecule has 0 aliphatic carbocycles. The minimum atomic E-state index is -0.766. The molecule has 2 aliphatic heterocycles. The van der Waals surface area contributed by atoms with Crippen LogP contribution in [0.2, 0.25) is 10.0 Å². The van der Waals surface area contributed by atoms with Crippen LogP contribution in [0.15, 0.2) is 23.7 Å². The molecule has 0 spiro atoms. The number of carbonyl (C=O) groups is 2. The molecule has 1 amide bonds. The van der Waals surface area contributed by atoms with Crippen LogP contribution in [0, 0.1) is 5.92 Å². The Morgan fingerprint density at radius 2 is 1.82 bits per heavy atom. The van der Waals surface area contributed by atoms with Crippen LogP contribution in [0.25, 0.3) is 10.6 Å². The Kier molecular flexibility index (Phi) is 8.84. The first-order chi connectivity index (χ1) is 18.4. The third kappa shape index (κ3) is 6.48. The van der Waals surface area contributed by atoms with Gasteiger partial charge < -0.3 is 10.0 Å². The van der Waals surface area contributed by atoms with E-state index in [0.717, 1.165) is 35.1 Å². The van der Waals surface area contributed by atoms with Crippen molar-refractivity contribution < 1.29 is 14.7 Å². The minimum absolute atomic E-state index is 0.332. The monoisotopic (exact) mass is 593 g/mol. The van der Waals surface area contributed by atoms with Gasteiger partial charge in [0.25, 0.3) is 5.91 Å². The van der Waals surface area contributed by atoms with Crippen LogP contribution in [0.5, 0.6) is 0 Å². The van der Waals surface area contributed by atoms with Crippen LogP contribution in [0.4, 0.5) is 10.9 Å². The zero-order chi connectivity index (χ0) is 26.6. The lowest BCUT2D eigenvalue weighted by atomic mass is 9.97. The second kappa shape index (κ2) is 12.3. The predicted octanol–water partition coefficient (Wildman–Crippen LogP) is 6.50. The summed E-state index contributed by atoms with van der Waals surface area (Å²) in [4.78, 5) is 40.1. The van der Waals surface area contributed by atoms with Crippen LogP contribution in [-0.2, 0) is 11.3 Å². The summed E-state index contributed by atoms with van der Waals surface area (Å²) < 4.78 is 0. The molecule has 0 bridgehead atoms. The highest BCUT2D eigenvalue weighted by Gasteiger charge is 2.27. The van der Waals surface area contributed by atoms with Crippen molar-refractivity contribution in [1.82, 2.24) is 14.9 Å². The van der Waals surface area contributed by atoms with Crippen molar-refractivity contribution in [2.45, 2.75) is 45.1 Å². The van der Waals surface area contributed by atoms with Crippen LogP contribution in [0.1, 0.15) is 53.8 Å². The molecular weight excluding hydrogens is 565 g/mol. The molecule has 2 aliphatic rings. The first-order valence-corrected chi connectivity index (χ1v) is 15.2. The number of thiophene rings is 1. The number of carboxylic acids is 1. The van der Waals surface area contributed by atoms with Gasteiger partial charge in [-0.25, -0.2) is 9.97 Å². The molecule has 0 aromatic carbocycles. The van der Waals surface area contributed by atoms with E-state index in [-0.39, 0.29) is 11.8 Å². The predicted molar refractivity (Wildman–Crippen MR) is 154 cm³/mol. The number of carboxylic acid groups (broad SMARTS) is 1. The van der Waals surface area contributed by atoms with Gasteiger partial charge in [0.2, 0.25) is 0 Å². The Balaban J connectivity index is 1.31. The van der Waals surface area contributed by atoms with Crippen LogP contribution in [0.3, 0.4) is 0 Å². The van der Waals surface area contributed by atoms with Gasteiger partial charge in [0.15, 0.2) is 5.13 Å². The van der Waals surface area contributed by atoms with E-state index in [4.69, 9.17) is 28.2 Å². The summed E-state index contributed by atoms with van der Waals surface area (Å²) >= 11 is 15.8. The van der Waals surface area contributed by atoms with Crippen molar-refractivity contribution in [3.8, 4) is 10.6 Å². The molecule has 0 unspecified atom stereocenters. The second-order valence-electron chi connectivity index (χ2n) is 9.69. The number of thiazole rings is 1. The lowest BCUT2D eigenvalue weighted by Crippen LogP contribution is -2.37. The second-order valence-corrected chi connectivity index (χ2v) is 12.5. The number of nitrogens with one attached hydrogen (secondary N) is 1. The number of halogens is 2. The van der Waals surface area contributed by atoms with Crippen molar-refractivity contribution >= 4 is 68.7 Å². The average Bonchev–Trinajstić information content (AvgIpc) is 3.41.